The van der Waals surface area contributed by atoms with Crippen molar-refractivity contribution in [2.75, 3.05) is 12.8 Å². The molecule has 0 saturated heterocycles. The van der Waals surface area contributed by atoms with Gasteiger partial charge >= 0.3 is 7.60 Å². The second kappa shape index (κ2) is 7.65. The topological polar surface area (TPSA) is 138 Å². The first kappa shape index (κ1) is 20.8. The zero-order valence-electron chi connectivity index (χ0n) is 16.9. The Morgan fingerprint density at radius 3 is 2.94 bits per heavy atom. The van der Waals surface area contributed by atoms with Gasteiger partial charge in [0.05, 0.1) is 23.1 Å². The van der Waals surface area contributed by atoms with Crippen LogP contribution in [0.4, 0.5) is 10.2 Å². The number of fused-ring (bicyclic) bond motifs is 5. The van der Waals surface area contributed by atoms with Crippen molar-refractivity contribution >= 4 is 13.4 Å². The molecule has 3 heterocycles. The SMILES string of the molecule is COP1(=O)Cc2nn(C)c(C#N)c2-c2cnc(N)c(n2)OC(C)c2cc(F)ccc2O1. The number of aromatic nitrogens is 4. The van der Waals surface area contributed by atoms with E-state index in [-0.39, 0.29) is 46.3 Å². The molecule has 0 aliphatic carbocycles. The standard InChI is InChI=1S/C19H18FN6O4P/c1-10-12-6-11(20)4-5-16(12)30-31(27,28-3)9-14-17(15(7-21)26(2)25-14)13-8-23-18(22)19(24-13)29-10/h4-6,8,10H,9H2,1-3H3,(H2,22,23). The molecule has 2 aromatic heterocycles. The van der Waals surface area contributed by atoms with E-state index in [4.69, 9.17) is 19.5 Å². The zero-order chi connectivity index (χ0) is 22.3. The number of halogens is 1. The van der Waals surface area contributed by atoms with Gasteiger partial charge < -0.3 is 19.5 Å². The van der Waals surface area contributed by atoms with Crippen molar-refractivity contribution in [3.05, 3.63) is 47.2 Å². The molecule has 10 nitrogen and oxygen atoms in total. The van der Waals surface area contributed by atoms with Crippen LogP contribution < -0.4 is 15.0 Å². The lowest BCUT2D eigenvalue weighted by atomic mass is 10.1. The van der Waals surface area contributed by atoms with E-state index in [2.05, 4.69) is 21.1 Å². The number of rotatable bonds is 1. The highest BCUT2D eigenvalue weighted by Gasteiger charge is 2.33. The van der Waals surface area contributed by atoms with E-state index < -0.39 is 19.5 Å². The molecule has 31 heavy (non-hydrogen) atoms. The van der Waals surface area contributed by atoms with Crippen LogP contribution in [0, 0.1) is 17.1 Å². The average Bonchev–Trinajstić information content (AvgIpc) is 3.04. The van der Waals surface area contributed by atoms with Gasteiger partial charge in [-0.05, 0) is 25.1 Å². The number of benzene rings is 1. The first-order valence-corrected chi connectivity index (χ1v) is 10.9. The second-order valence-electron chi connectivity index (χ2n) is 6.84. The van der Waals surface area contributed by atoms with Crippen LogP contribution in [0.2, 0.25) is 0 Å². The third kappa shape index (κ3) is 3.71. The molecule has 1 aromatic carbocycles. The Balaban J connectivity index is 2.00. The monoisotopic (exact) mass is 444 g/mol. The molecule has 0 radical (unpaired) electrons. The molecule has 4 rings (SSSR count). The molecule has 1 aliphatic heterocycles. The summed E-state index contributed by atoms with van der Waals surface area (Å²) in [6.45, 7) is 1.63. The van der Waals surface area contributed by atoms with Gasteiger partial charge in [0, 0.05) is 19.7 Å². The fourth-order valence-corrected chi connectivity index (χ4v) is 4.62. The molecule has 160 valence electrons. The number of nitriles is 1. The fraction of sp³-hybridized carbons (Fsp3) is 0.263. The Kier molecular flexibility index (Phi) is 5.13. The van der Waals surface area contributed by atoms with Crippen molar-refractivity contribution < 1.29 is 22.7 Å². The lowest BCUT2D eigenvalue weighted by molar-refractivity contribution is 0.214. The summed E-state index contributed by atoms with van der Waals surface area (Å²) in [5, 5.41) is 14.0. The van der Waals surface area contributed by atoms with Crippen LogP contribution in [-0.4, -0.2) is 26.9 Å². The van der Waals surface area contributed by atoms with Gasteiger partial charge in [-0.3, -0.25) is 4.68 Å². The van der Waals surface area contributed by atoms with Gasteiger partial charge in [-0.15, -0.1) is 0 Å². The Labute approximate surface area is 176 Å². The molecule has 2 bridgehead atoms. The van der Waals surface area contributed by atoms with E-state index >= 15 is 0 Å². The number of ether oxygens (including phenoxy) is 1. The van der Waals surface area contributed by atoms with Crippen LogP contribution in [0.25, 0.3) is 11.3 Å². The second-order valence-corrected chi connectivity index (χ2v) is 8.92. The molecule has 0 saturated carbocycles. The Hall–Kier alpha value is -3.48. The largest absolute Gasteiger partial charge is 0.467 e. The first-order chi connectivity index (χ1) is 14.7. The van der Waals surface area contributed by atoms with Crippen LogP contribution in [0.1, 0.15) is 30.0 Å². The molecule has 2 N–H and O–H groups in total. The number of hydrogen-bond acceptors (Lipinski definition) is 9. The molecule has 2 atom stereocenters. The maximum absolute atomic E-state index is 14.0. The number of nitrogens with zero attached hydrogens (tertiary/aromatic N) is 5. The average molecular weight is 444 g/mol. The smallest absolute Gasteiger partial charge is 0.384 e. The predicted octanol–water partition coefficient (Wildman–Crippen LogP) is 3.34. The van der Waals surface area contributed by atoms with Crippen molar-refractivity contribution in [1.82, 2.24) is 19.7 Å². The summed E-state index contributed by atoms with van der Waals surface area (Å²) in [4.78, 5) is 8.52. The van der Waals surface area contributed by atoms with Crippen molar-refractivity contribution in [1.29, 1.82) is 5.26 Å². The van der Waals surface area contributed by atoms with Crippen LogP contribution in [0.15, 0.2) is 24.4 Å². The molecular formula is C19H18FN6O4P. The van der Waals surface area contributed by atoms with E-state index in [1.165, 1.54) is 36.2 Å². The van der Waals surface area contributed by atoms with E-state index in [0.29, 0.717) is 5.56 Å². The highest BCUT2D eigenvalue weighted by Crippen LogP contribution is 2.53. The van der Waals surface area contributed by atoms with Gasteiger partial charge in [0.1, 0.15) is 35.6 Å². The quantitative estimate of drug-likeness (QED) is 0.560. The maximum Gasteiger partial charge on any atom is 0.384 e. The zero-order valence-corrected chi connectivity index (χ0v) is 17.8. The Morgan fingerprint density at radius 1 is 1.45 bits per heavy atom. The summed E-state index contributed by atoms with van der Waals surface area (Å²) >= 11 is 0. The third-order valence-electron chi connectivity index (χ3n) is 4.81. The molecule has 0 amide bonds. The van der Waals surface area contributed by atoms with E-state index in [9.17, 15) is 14.2 Å². The number of nitrogen functional groups attached to an aromatic ring is 1. The van der Waals surface area contributed by atoms with Crippen LogP contribution in [0.3, 0.4) is 0 Å². The highest BCUT2D eigenvalue weighted by atomic mass is 31.2. The highest BCUT2D eigenvalue weighted by molar-refractivity contribution is 7.53. The minimum absolute atomic E-state index is 0.00518. The summed E-state index contributed by atoms with van der Waals surface area (Å²) in [6.07, 6.45) is 0.319. The number of aryl methyl sites for hydroxylation is 1. The first-order valence-electron chi connectivity index (χ1n) is 9.14. The summed E-state index contributed by atoms with van der Waals surface area (Å²) < 4.78 is 45.6. The third-order valence-corrected chi connectivity index (χ3v) is 6.52. The van der Waals surface area contributed by atoms with Gasteiger partial charge in [0.15, 0.2) is 5.82 Å². The summed E-state index contributed by atoms with van der Waals surface area (Å²) in [6, 6.07) is 5.78. The van der Waals surface area contributed by atoms with Crippen LogP contribution in [0.5, 0.6) is 11.6 Å². The van der Waals surface area contributed by atoms with Gasteiger partial charge in [-0.2, -0.15) is 10.4 Å². The number of anilines is 1. The van der Waals surface area contributed by atoms with E-state index in [0.717, 1.165) is 0 Å². The van der Waals surface area contributed by atoms with Crippen LogP contribution in [-0.2, 0) is 22.3 Å². The summed E-state index contributed by atoms with van der Waals surface area (Å²) in [7, 11) is -1.00. The molecule has 3 aromatic rings. The van der Waals surface area contributed by atoms with Crippen molar-refractivity contribution in [3.63, 3.8) is 0 Å². The molecule has 1 aliphatic rings. The Morgan fingerprint density at radius 2 is 2.23 bits per heavy atom. The van der Waals surface area contributed by atoms with Crippen molar-refractivity contribution in [2.24, 2.45) is 7.05 Å². The molecule has 12 heteroatoms. The van der Waals surface area contributed by atoms with Gasteiger partial charge in [-0.1, -0.05) is 0 Å². The Bertz CT molecular complexity index is 1270. The predicted molar refractivity (Wildman–Crippen MR) is 108 cm³/mol. The van der Waals surface area contributed by atoms with E-state index in [1.54, 1.807) is 14.0 Å². The maximum atomic E-state index is 14.0. The molecule has 0 fully saturated rings. The van der Waals surface area contributed by atoms with Crippen LogP contribution >= 0.6 is 7.60 Å². The van der Waals surface area contributed by atoms with Crippen molar-refractivity contribution in [2.45, 2.75) is 19.2 Å². The minimum Gasteiger partial charge on any atom is -0.467 e. The summed E-state index contributed by atoms with van der Waals surface area (Å²) in [5.74, 6) is -0.414. The number of hydrogen-bond donors (Lipinski definition) is 1. The minimum atomic E-state index is -3.82. The molecule has 2 unspecified atom stereocenters. The van der Waals surface area contributed by atoms with Crippen molar-refractivity contribution in [3.8, 4) is 29.0 Å². The number of nitrogens with two attached hydrogens (primary N) is 1. The molecular weight excluding hydrogens is 426 g/mol. The normalized spacial score (nSPS) is 20.2. The van der Waals surface area contributed by atoms with E-state index in [1.807, 2.05) is 0 Å². The van der Waals surface area contributed by atoms with Gasteiger partial charge in [0.25, 0.3) is 5.88 Å². The fourth-order valence-electron chi connectivity index (χ4n) is 3.29. The van der Waals surface area contributed by atoms with Gasteiger partial charge in [-0.25, -0.2) is 18.9 Å². The lowest BCUT2D eigenvalue weighted by Gasteiger charge is -2.23. The van der Waals surface area contributed by atoms with Gasteiger partial charge in [0.2, 0.25) is 0 Å². The lowest BCUT2D eigenvalue weighted by Crippen LogP contribution is -2.11. The molecule has 0 spiro atoms. The summed E-state index contributed by atoms with van der Waals surface area (Å²) in [5.41, 5.74) is 7.21.